The third kappa shape index (κ3) is 19.4. The first kappa shape index (κ1) is 71.4. The minimum absolute atomic E-state index is 0.123. The van der Waals surface area contributed by atoms with Gasteiger partial charge in [-0.1, -0.05) is 141 Å². The number of nitrogens with one attached hydrogen (secondary N) is 9. The van der Waals surface area contributed by atoms with Crippen LogP contribution in [0.25, 0.3) is 0 Å². The Morgan fingerprint density at radius 1 is 0.472 bits per heavy atom. The van der Waals surface area contributed by atoms with E-state index in [0.717, 1.165) is 162 Å². The van der Waals surface area contributed by atoms with Crippen molar-refractivity contribution in [3.63, 3.8) is 0 Å². The van der Waals surface area contributed by atoms with Crippen molar-refractivity contribution in [3.05, 3.63) is 0 Å². The van der Waals surface area contributed by atoms with Crippen LogP contribution in [0.15, 0.2) is 0 Å². The largest absolute Gasteiger partial charge is 0.316 e. The molecule has 0 saturated heterocycles. The summed E-state index contributed by atoms with van der Waals surface area (Å²) in [5, 5.41) is 46.4. The number of rotatable bonds is 49. The smallest absolute Gasteiger partial charge is 0.182 e. The van der Waals surface area contributed by atoms with Gasteiger partial charge in [-0.25, -0.2) is 5.01 Å². The predicted molar refractivity (Wildman–Crippen MR) is 318 cm³/mol. The van der Waals surface area contributed by atoms with E-state index in [-0.39, 0.29) is 11.6 Å². The Labute approximate surface area is 450 Å². The van der Waals surface area contributed by atoms with Gasteiger partial charge in [0.05, 0.1) is 0 Å². The molecular weight excluding hydrogens is 893 g/mol. The SMILES string of the molecule is CCCCCCNC(N(C)C)(N(CC)CC)C(N(CCC)CCC)(N(N(CCCC)CCCC)C(CNC)(NCCCC)C(NCC)(NCCC)NC(C)C)C(NCCCCC)(NCC(C)C)NC(C)(C)C. The number of likely N-dealkylation sites (N-methyl/N-ethyl adjacent to an activating group) is 4. The van der Waals surface area contributed by atoms with Gasteiger partial charge in [-0.15, -0.1) is 0 Å². The normalized spacial score (nSPS) is 17.2. The van der Waals surface area contributed by atoms with Gasteiger partial charge in [0, 0.05) is 50.8 Å². The van der Waals surface area contributed by atoms with Gasteiger partial charge in [-0.05, 0) is 159 Å². The summed E-state index contributed by atoms with van der Waals surface area (Å²) in [4.78, 5) is 8.44. The molecule has 0 aliphatic rings. The molecule has 0 bridgehead atoms. The highest BCUT2D eigenvalue weighted by atomic mass is 15.8. The lowest BCUT2D eigenvalue weighted by Gasteiger charge is -2.76. The van der Waals surface area contributed by atoms with Crippen LogP contribution in [0.4, 0.5) is 0 Å². The third-order valence-corrected chi connectivity index (χ3v) is 14.3. The zero-order valence-corrected chi connectivity index (χ0v) is 52.4. The van der Waals surface area contributed by atoms with E-state index < -0.39 is 28.7 Å². The van der Waals surface area contributed by atoms with Crippen molar-refractivity contribution in [1.82, 2.24) is 72.6 Å². The van der Waals surface area contributed by atoms with Gasteiger partial charge < -0.3 is 5.32 Å². The van der Waals surface area contributed by atoms with Crippen LogP contribution in [0.1, 0.15) is 227 Å². The van der Waals surface area contributed by atoms with Gasteiger partial charge >= 0.3 is 0 Å². The minimum atomic E-state index is -1.04. The predicted octanol–water partition coefficient (Wildman–Crippen LogP) is 9.28. The molecule has 0 saturated carbocycles. The van der Waals surface area contributed by atoms with Crippen LogP contribution in [0.3, 0.4) is 0 Å². The molecule has 0 radical (unpaired) electrons. The van der Waals surface area contributed by atoms with Gasteiger partial charge in [0.15, 0.2) is 23.0 Å². The van der Waals surface area contributed by atoms with Crippen LogP contribution in [0, 0.1) is 5.92 Å². The Balaban J connectivity index is 11.6. The van der Waals surface area contributed by atoms with Crippen molar-refractivity contribution in [3.8, 4) is 0 Å². The molecule has 0 aromatic heterocycles. The van der Waals surface area contributed by atoms with E-state index in [0.29, 0.717) is 12.5 Å². The minimum Gasteiger partial charge on any atom is -0.316 e. The monoisotopic (exact) mass is 1030 g/mol. The van der Waals surface area contributed by atoms with E-state index in [1.165, 1.54) is 19.3 Å². The lowest BCUT2D eigenvalue weighted by Crippen LogP contribution is -3.04. The molecule has 0 heterocycles. The van der Waals surface area contributed by atoms with Crippen molar-refractivity contribution in [2.45, 2.75) is 268 Å². The van der Waals surface area contributed by atoms with Crippen LogP contribution in [-0.4, -0.2) is 171 Å². The first-order chi connectivity index (χ1) is 34.3. The molecule has 0 spiro atoms. The lowest BCUT2D eigenvalue weighted by molar-refractivity contribution is -0.366. The Hall–Kier alpha value is -0.560. The first-order valence-corrected chi connectivity index (χ1v) is 30.7. The molecule has 0 aromatic carbocycles. The van der Waals surface area contributed by atoms with E-state index in [9.17, 15) is 0 Å². The molecule has 0 rings (SSSR count). The molecule has 9 N–H and O–H groups in total. The number of nitrogens with zero attached hydrogens (tertiary/aromatic N) is 5. The summed E-state index contributed by atoms with van der Waals surface area (Å²) in [7, 11) is 6.98. The van der Waals surface area contributed by atoms with Crippen molar-refractivity contribution in [2.75, 3.05) is 106 Å². The van der Waals surface area contributed by atoms with Crippen molar-refractivity contribution < 1.29 is 0 Å². The lowest BCUT2D eigenvalue weighted by atomic mass is 9.78. The third-order valence-electron chi connectivity index (χ3n) is 14.3. The molecular formula is C58H132N14. The standard InChI is InChI=1S/C58H132N14/c1-22-33-38-40-44-64-58(68(20)21,69(31-10)32-11)55(70(45-28-7)46-29-8,57(65-49-51(12)13,67-53(16,17)18)63-43-39-34-23-2)72(71(47-36-25-4)48-37-26-5)54(50-59-19,61-42-35-24-3)56(60-30-9,62-41-27-6)66-52(14)15/h51-52,59-67H,22-50H2,1-21H3. The molecule has 0 aromatic rings. The summed E-state index contributed by atoms with van der Waals surface area (Å²) < 4.78 is 0. The molecule has 72 heavy (non-hydrogen) atoms. The van der Waals surface area contributed by atoms with Crippen LogP contribution in [-0.2, 0) is 0 Å². The summed E-state index contributed by atoms with van der Waals surface area (Å²) in [5.41, 5.74) is -2.31. The Bertz CT molecular complexity index is 1270. The van der Waals surface area contributed by atoms with Crippen LogP contribution in [0.5, 0.6) is 0 Å². The highest BCUT2D eigenvalue weighted by Gasteiger charge is 2.78. The zero-order chi connectivity index (χ0) is 54.9. The second-order valence-electron chi connectivity index (χ2n) is 23.1. The first-order valence-electron chi connectivity index (χ1n) is 30.7. The fourth-order valence-electron chi connectivity index (χ4n) is 11.6. The summed E-state index contributed by atoms with van der Waals surface area (Å²) in [5.74, 6) is -2.40. The average Bonchev–Trinajstić information content (AvgIpc) is 3.32. The molecule has 0 fully saturated rings. The van der Waals surface area contributed by atoms with Gasteiger partial charge in [-0.3, -0.25) is 57.2 Å². The molecule has 0 aliphatic heterocycles. The fourth-order valence-corrected chi connectivity index (χ4v) is 11.6. The summed E-state index contributed by atoms with van der Waals surface area (Å²) in [6.45, 7) is 53.4. The van der Waals surface area contributed by atoms with E-state index in [2.05, 4.69) is 213 Å². The maximum Gasteiger partial charge on any atom is 0.182 e. The van der Waals surface area contributed by atoms with Gasteiger partial charge in [0.1, 0.15) is 5.66 Å². The highest BCUT2D eigenvalue weighted by molar-refractivity contribution is 5.26. The Morgan fingerprint density at radius 3 is 1.43 bits per heavy atom. The maximum absolute atomic E-state index is 4.72. The molecule has 14 nitrogen and oxygen atoms in total. The Kier molecular flexibility index (Phi) is 37.8. The van der Waals surface area contributed by atoms with E-state index >= 15 is 0 Å². The molecule has 5 unspecified atom stereocenters. The summed E-state index contributed by atoms with van der Waals surface area (Å²) >= 11 is 0. The van der Waals surface area contributed by atoms with E-state index in [4.69, 9.17) is 5.32 Å². The number of hydrogen-bond donors (Lipinski definition) is 9. The van der Waals surface area contributed by atoms with Crippen LogP contribution < -0.4 is 47.9 Å². The molecule has 0 amide bonds. The Morgan fingerprint density at radius 2 is 0.986 bits per heavy atom. The van der Waals surface area contributed by atoms with Crippen LogP contribution in [0.2, 0.25) is 0 Å². The molecule has 14 heteroatoms. The summed E-state index contributed by atoms with van der Waals surface area (Å²) in [6.07, 6.45) is 17.5. The van der Waals surface area contributed by atoms with Crippen molar-refractivity contribution in [2.24, 2.45) is 5.92 Å². The van der Waals surface area contributed by atoms with Gasteiger partial charge in [0.2, 0.25) is 0 Å². The van der Waals surface area contributed by atoms with Crippen LogP contribution >= 0.6 is 0 Å². The average molecular weight is 1030 g/mol. The van der Waals surface area contributed by atoms with Gasteiger partial charge in [0.25, 0.3) is 0 Å². The maximum atomic E-state index is 4.72. The molecule has 5 atom stereocenters. The highest BCUT2D eigenvalue weighted by Crippen LogP contribution is 2.50. The zero-order valence-electron chi connectivity index (χ0n) is 52.4. The van der Waals surface area contributed by atoms with Crippen molar-refractivity contribution >= 4 is 0 Å². The molecule has 434 valence electrons. The quantitative estimate of drug-likeness (QED) is 0.0164. The van der Waals surface area contributed by atoms with Crippen molar-refractivity contribution in [1.29, 1.82) is 0 Å². The van der Waals surface area contributed by atoms with E-state index in [1.54, 1.807) is 0 Å². The topological polar surface area (TPSA) is 124 Å². The second-order valence-corrected chi connectivity index (χ2v) is 23.1. The summed E-state index contributed by atoms with van der Waals surface area (Å²) in [6, 6.07) is 0.123. The number of unbranched alkanes of at least 4 members (excludes halogenated alkanes) is 8. The van der Waals surface area contributed by atoms with E-state index in [1.807, 2.05) is 0 Å². The second kappa shape index (κ2) is 38.1. The number of hydrazine groups is 1. The van der Waals surface area contributed by atoms with Gasteiger partial charge in [-0.2, -0.15) is 5.01 Å². The molecule has 0 aliphatic carbocycles. The fraction of sp³-hybridized carbons (Fsp3) is 1.00. The number of hydrogen-bond acceptors (Lipinski definition) is 14.